The van der Waals surface area contributed by atoms with Crippen LogP contribution in [0.4, 0.5) is 0 Å². The van der Waals surface area contributed by atoms with Crippen LogP contribution in [-0.2, 0) is 32.0 Å². The number of carbonyl (C=O) groups is 2. The average molecular weight is 498 g/mol. The zero-order valence-electron chi connectivity index (χ0n) is 20.2. The van der Waals surface area contributed by atoms with Crippen LogP contribution in [0.15, 0.2) is 40.6 Å². The zero-order chi connectivity index (χ0) is 25.5. The molecule has 2 heterocycles. The van der Waals surface area contributed by atoms with Gasteiger partial charge >= 0.3 is 5.97 Å². The first kappa shape index (κ1) is 24.8. The van der Waals surface area contributed by atoms with Gasteiger partial charge in [0.05, 0.1) is 33.5 Å². The molecule has 36 heavy (non-hydrogen) atoms. The number of ether oxygens (including phenoxy) is 5. The predicted octanol–water partition coefficient (Wildman–Crippen LogP) is 2.38. The third-order valence-electron chi connectivity index (χ3n) is 5.54. The standard InChI is InChI=1S/C25H27N3O8/c1-4-33-25(30)19-12-16(36-28-19)11-17-18(13-26-27-20(29)10-15-8-6-5-7-9-15)22(32-3)24-23(21(17)31-2)34-14-35-24/h5-9,13,16H,4,10-12,14H2,1-3H3,(H,27,29). The number of nitrogens with one attached hydrogen (secondary N) is 1. The van der Waals surface area contributed by atoms with Gasteiger partial charge in [-0.1, -0.05) is 35.5 Å². The first-order valence-electron chi connectivity index (χ1n) is 11.4. The molecule has 0 fully saturated rings. The minimum Gasteiger partial charge on any atom is -0.492 e. The summed E-state index contributed by atoms with van der Waals surface area (Å²) in [4.78, 5) is 29.9. The molecule has 2 aromatic carbocycles. The van der Waals surface area contributed by atoms with E-state index in [1.54, 1.807) is 6.92 Å². The van der Waals surface area contributed by atoms with Crippen LogP contribution >= 0.6 is 0 Å². The summed E-state index contributed by atoms with van der Waals surface area (Å²) in [5, 5.41) is 8.03. The Bertz CT molecular complexity index is 1180. The average Bonchev–Trinajstić information content (AvgIpc) is 3.55. The van der Waals surface area contributed by atoms with E-state index in [1.807, 2.05) is 30.3 Å². The van der Waals surface area contributed by atoms with Gasteiger partial charge in [0.25, 0.3) is 0 Å². The summed E-state index contributed by atoms with van der Waals surface area (Å²) in [7, 11) is 3.00. The number of nitrogens with zero attached hydrogens (tertiary/aromatic N) is 2. The van der Waals surface area contributed by atoms with E-state index >= 15 is 0 Å². The normalized spacial score (nSPS) is 15.9. The topological polar surface area (TPSA) is 126 Å². The van der Waals surface area contributed by atoms with Crippen LogP contribution in [0, 0.1) is 0 Å². The lowest BCUT2D eigenvalue weighted by molar-refractivity contribution is -0.135. The Kier molecular flexibility index (Phi) is 7.89. The molecule has 0 radical (unpaired) electrons. The molecule has 11 nitrogen and oxygen atoms in total. The van der Waals surface area contributed by atoms with E-state index in [9.17, 15) is 9.59 Å². The van der Waals surface area contributed by atoms with Crippen molar-refractivity contribution in [1.29, 1.82) is 0 Å². The SMILES string of the molecule is CCOC(=O)C1=NOC(Cc2c(C=NNC(=O)Cc3ccccc3)c(OC)c3c(c2OC)OCO3)C1. The summed E-state index contributed by atoms with van der Waals surface area (Å²) in [5.41, 5.74) is 4.75. The molecule has 0 spiro atoms. The van der Waals surface area contributed by atoms with E-state index in [1.165, 1.54) is 20.4 Å². The lowest BCUT2D eigenvalue weighted by Crippen LogP contribution is -2.21. The molecule has 190 valence electrons. The minimum absolute atomic E-state index is 0.00799. The maximum atomic E-state index is 12.4. The van der Waals surface area contributed by atoms with Crippen LogP contribution in [0.25, 0.3) is 0 Å². The number of carbonyl (C=O) groups excluding carboxylic acids is 2. The van der Waals surface area contributed by atoms with Crippen molar-refractivity contribution >= 4 is 23.8 Å². The monoisotopic (exact) mass is 497 g/mol. The van der Waals surface area contributed by atoms with Gasteiger partial charge in [0.15, 0.2) is 17.2 Å². The lowest BCUT2D eigenvalue weighted by Gasteiger charge is -2.19. The van der Waals surface area contributed by atoms with Gasteiger partial charge in [-0.05, 0) is 12.5 Å². The number of hydrogen-bond donors (Lipinski definition) is 1. The van der Waals surface area contributed by atoms with Crippen molar-refractivity contribution in [3.63, 3.8) is 0 Å². The first-order valence-corrected chi connectivity index (χ1v) is 11.4. The fourth-order valence-electron chi connectivity index (χ4n) is 3.98. The third-order valence-corrected chi connectivity index (χ3v) is 5.54. The quantitative estimate of drug-likeness (QED) is 0.301. The smallest absolute Gasteiger partial charge is 0.356 e. The van der Waals surface area contributed by atoms with Gasteiger partial charge in [-0.2, -0.15) is 5.10 Å². The van der Waals surface area contributed by atoms with Gasteiger partial charge in [-0.15, -0.1) is 0 Å². The summed E-state index contributed by atoms with van der Waals surface area (Å²) >= 11 is 0. The number of benzene rings is 2. The van der Waals surface area contributed by atoms with E-state index in [0.717, 1.165) is 5.56 Å². The fraction of sp³-hybridized carbons (Fsp3) is 0.360. The van der Waals surface area contributed by atoms with Gasteiger partial charge in [0, 0.05) is 24.0 Å². The molecular weight excluding hydrogens is 470 g/mol. The summed E-state index contributed by atoms with van der Waals surface area (Å²) in [6.07, 6.45) is 1.70. The summed E-state index contributed by atoms with van der Waals surface area (Å²) in [6, 6.07) is 9.34. The third kappa shape index (κ3) is 5.35. The maximum absolute atomic E-state index is 12.4. The number of amides is 1. The molecule has 2 aliphatic rings. The van der Waals surface area contributed by atoms with Crippen LogP contribution in [-0.4, -0.2) is 57.5 Å². The number of hydrogen-bond acceptors (Lipinski definition) is 10. The van der Waals surface area contributed by atoms with Gasteiger partial charge in [-0.3, -0.25) is 4.79 Å². The van der Waals surface area contributed by atoms with Crippen molar-refractivity contribution in [2.75, 3.05) is 27.6 Å². The summed E-state index contributed by atoms with van der Waals surface area (Å²) < 4.78 is 27.6. The van der Waals surface area contributed by atoms with Crippen LogP contribution in [0.5, 0.6) is 23.0 Å². The van der Waals surface area contributed by atoms with Crippen LogP contribution in [0.3, 0.4) is 0 Å². The van der Waals surface area contributed by atoms with Crippen molar-refractivity contribution in [3.05, 3.63) is 47.0 Å². The number of oxime groups is 1. The Labute approximate surface area is 207 Å². The number of methoxy groups -OCH3 is 2. The van der Waals surface area contributed by atoms with Crippen molar-refractivity contribution in [1.82, 2.24) is 5.43 Å². The Morgan fingerprint density at radius 3 is 2.56 bits per heavy atom. The molecule has 1 unspecified atom stereocenters. The number of rotatable bonds is 10. The van der Waals surface area contributed by atoms with E-state index in [0.29, 0.717) is 34.1 Å². The summed E-state index contributed by atoms with van der Waals surface area (Å²) in [5.74, 6) is 0.734. The summed E-state index contributed by atoms with van der Waals surface area (Å²) in [6.45, 7) is 1.96. The van der Waals surface area contributed by atoms with Crippen molar-refractivity contribution in [2.24, 2.45) is 10.3 Å². The highest BCUT2D eigenvalue weighted by molar-refractivity contribution is 6.36. The number of hydrazone groups is 1. The molecule has 1 N–H and O–H groups in total. The number of esters is 1. The second-order valence-electron chi connectivity index (χ2n) is 7.87. The zero-order valence-corrected chi connectivity index (χ0v) is 20.2. The molecule has 1 atom stereocenters. The van der Waals surface area contributed by atoms with Gasteiger partial charge in [0.1, 0.15) is 6.10 Å². The molecule has 0 aromatic heterocycles. The minimum atomic E-state index is -0.516. The van der Waals surface area contributed by atoms with Gasteiger partial charge in [0.2, 0.25) is 24.2 Å². The van der Waals surface area contributed by atoms with E-state index < -0.39 is 12.1 Å². The first-order chi connectivity index (χ1) is 17.5. The predicted molar refractivity (Wildman–Crippen MR) is 129 cm³/mol. The van der Waals surface area contributed by atoms with Gasteiger partial charge in [-0.25, -0.2) is 10.2 Å². The molecule has 0 saturated carbocycles. The molecule has 0 saturated heterocycles. The maximum Gasteiger partial charge on any atom is 0.356 e. The van der Waals surface area contributed by atoms with Gasteiger partial charge < -0.3 is 28.5 Å². The van der Waals surface area contributed by atoms with Crippen molar-refractivity contribution < 1.29 is 38.1 Å². The molecule has 0 bridgehead atoms. The van der Waals surface area contributed by atoms with Crippen LogP contribution < -0.4 is 24.4 Å². The fourth-order valence-corrected chi connectivity index (χ4v) is 3.98. The molecule has 2 aliphatic heterocycles. The number of fused-ring (bicyclic) bond motifs is 1. The van der Waals surface area contributed by atoms with E-state index in [4.69, 9.17) is 28.5 Å². The van der Waals surface area contributed by atoms with Crippen LogP contribution in [0.1, 0.15) is 30.0 Å². The molecule has 0 aliphatic carbocycles. The van der Waals surface area contributed by atoms with Crippen LogP contribution in [0.2, 0.25) is 0 Å². The van der Waals surface area contributed by atoms with E-state index in [-0.39, 0.29) is 44.3 Å². The Hall–Kier alpha value is -4.28. The highest BCUT2D eigenvalue weighted by Crippen LogP contribution is 2.52. The second-order valence-corrected chi connectivity index (χ2v) is 7.87. The molecular formula is C25H27N3O8. The lowest BCUT2D eigenvalue weighted by atomic mass is 9.96. The Balaban J connectivity index is 1.60. The van der Waals surface area contributed by atoms with Crippen molar-refractivity contribution in [2.45, 2.75) is 32.3 Å². The second kappa shape index (κ2) is 11.4. The highest BCUT2D eigenvalue weighted by atomic mass is 16.7. The largest absolute Gasteiger partial charge is 0.492 e. The molecule has 1 amide bonds. The Morgan fingerprint density at radius 1 is 1.14 bits per heavy atom. The Morgan fingerprint density at radius 2 is 1.86 bits per heavy atom. The molecule has 2 aromatic rings. The van der Waals surface area contributed by atoms with Crippen molar-refractivity contribution in [3.8, 4) is 23.0 Å². The molecule has 4 rings (SSSR count). The molecule has 11 heteroatoms. The highest BCUT2D eigenvalue weighted by Gasteiger charge is 2.34. The van der Waals surface area contributed by atoms with E-state index in [2.05, 4.69) is 15.7 Å².